The van der Waals surface area contributed by atoms with E-state index in [1.807, 2.05) is 0 Å². The van der Waals surface area contributed by atoms with E-state index in [4.69, 9.17) is 0 Å². The van der Waals surface area contributed by atoms with Crippen molar-refractivity contribution in [3.63, 3.8) is 0 Å². The molecule has 70 valence electrons. The summed E-state index contributed by atoms with van der Waals surface area (Å²) in [5.41, 5.74) is -0.270. The number of rotatable bonds is 1. The molecule has 0 aromatic heterocycles. The lowest BCUT2D eigenvalue weighted by molar-refractivity contribution is -0.126. The van der Waals surface area contributed by atoms with E-state index >= 15 is 0 Å². The maximum absolute atomic E-state index is 11.5. The molecule has 0 bridgehead atoms. The Morgan fingerprint density at radius 3 is 2.62 bits per heavy atom. The largest absolute Gasteiger partial charge is 0.342 e. The Morgan fingerprint density at radius 2 is 2.15 bits per heavy atom. The quantitative estimate of drug-likeness (QED) is 0.602. The lowest BCUT2D eigenvalue weighted by Crippen LogP contribution is -2.52. The smallest absolute Gasteiger partial charge is 0.252 e. The Bertz CT molecular complexity index is 289. The van der Waals surface area contributed by atoms with Crippen LogP contribution in [0.3, 0.4) is 0 Å². The molecule has 1 spiro atoms. The van der Waals surface area contributed by atoms with Crippen LogP contribution in [0.2, 0.25) is 0 Å². The highest BCUT2D eigenvalue weighted by Crippen LogP contribution is 2.34. The summed E-state index contributed by atoms with van der Waals surface area (Å²) < 4.78 is 0. The Morgan fingerprint density at radius 1 is 1.38 bits per heavy atom. The van der Waals surface area contributed by atoms with Gasteiger partial charge in [0.25, 0.3) is 5.91 Å². The Hall–Kier alpha value is -1.06. The van der Waals surface area contributed by atoms with Gasteiger partial charge in [-0.15, -0.1) is 0 Å². The first-order valence-corrected chi connectivity index (χ1v) is 4.96. The molecule has 13 heavy (non-hydrogen) atoms. The predicted octanol–water partition coefficient (Wildman–Crippen LogP) is 0.147. The summed E-state index contributed by atoms with van der Waals surface area (Å²) >= 11 is 0. The highest BCUT2D eigenvalue weighted by atomic mass is 16.2. The molecule has 2 saturated carbocycles. The molecule has 1 saturated heterocycles. The van der Waals surface area contributed by atoms with Crippen LogP contribution in [0.5, 0.6) is 0 Å². The van der Waals surface area contributed by atoms with E-state index in [9.17, 15) is 4.79 Å². The van der Waals surface area contributed by atoms with Crippen LogP contribution in [0.4, 0.5) is 0 Å². The molecule has 2 aliphatic carbocycles. The maximum Gasteiger partial charge on any atom is 0.252 e. The van der Waals surface area contributed by atoms with E-state index in [0.29, 0.717) is 12.0 Å². The van der Waals surface area contributed by atoms with Gasteiger partial charge in [-0.25, -0.2) is 4.99 Å². The van der Waals surface area contributed by atoms with Crippen molar-refractivity contribution in [3.05, 3.63) is 0 Å². The molecule has 0 aromatic carbocycles. The van der Waals surface area contributed by atoms with Crippen molar-refractivity contribution in [2.75, 3.05) is 0 Å². The zero-order valence-corrected chi connectivity index (χ0v) is 7.47. The fourth-order valence-electron chi connectivity index (χ4n) is 1.87. The van der Waals surface area contributed by atoms with Crippen molar-refractivity contribution in [2.45, 2.75) is 43.7 Å². The topological polar surface area (TPSA) is 53.5 Å². The SMILES string of the molecule is O=C1NC(=NC2CC2)NC12CCC2. The van der Waals surface area contributed by atoms with Gasteiger partial charge in [0.2, 0.25) is 0 Å². The fourth-order valence-corrected chi connectivity index (χ4v) is 1.87. The van der Waals surface area contributed by atoms with Crippen molar-refractivity contribution >= 4 is 11.9 Å². The molecule has 3 fully saturated rings. The zero-order chi connectivity index (χ0) is 8.89. The van der Waals surface area contributed by atoms with Crippen molar-refractivity contribution in [3.8, 4) is 0 Å². The summed E-state index contributed by atoms with van der Waals surface area (Å²) in [5, 5.41) is 6.03. The van der Waals surface area contributed by atoms with Crippen LogP contribution < -0.4 is 10.6 Å². The number of hydrogen-bond acceptors (Lipinski definition) is 2. The first-order chi connectivity index (χ1) is 6.28. The van der Waals surface area contributed by atoms with Gasteiger partial charge in [-0.05, 0) is 32.1 Å². The van der Waals surface area contributed by atoms with Crippen molar-refractivity contribution in [1.29, 1.82) is 0 Å². The minimum atomic E-state index is -0.270. The van der Waals surface area contributed by atoms with Gasteiger partial charge in [-0.3, -0.25) is 10.1 Å². The molecule has 2 N–H and O–H groups in total. The second kappa shape index (κ2) is 2.25. The summed E-state index contributed by atoms with van der Waals surface area (Å²) in [6, 6.07) is 0.470. The predicted molar refractivity (Wildman–Crippen MR) is 48.3 cm³/mol. The van der Waals surface area contributed by atoms with Crippen LogP contribution in [-0.4, -0.2) is 23.4 Å². The molecule has 4 heteroatoms. The lowest BCUT2D eigenvalue weighted by Gasteiger charge is -2.34. The summed E-state index contributed by atoms with van der Waals surface area (Å²) in [5.74, 6) is 0.838. The Balaban J connectivity index is 1.78. The lowest BCUT2D eigenvalue weighted by atomic mass is 9.77. The van der Waals surface area contributed by atoms with Gasteiger partial charge in [0.05, 0.1) is 6.04 Å². The normalized spacial score (nSPS) is 32.9. The molecule has 0 atom stereocenters. The highest BCUT2D eigenvalue weighted by molar-refractivity contribution is 6.09. The van der Waals surface area contributed by atoms with Gasteiger partial charge in [0.15, 0.2) is 5.96 Å². The Kier molecular flexibility index (Phi) is 1.27. The molecule has 1 aliphatic heterocycles. The van der Waals surface area contributed by atoms with Crippen molar-refractivity contribution < 1.29 is 4.79 Å². The van der Waals surface area contributed by atoms with Gasteiger partial charge in [-0.2, -0.15) is 0 Å². The van der Waals surface area contributed by atoms with Gasteiger partial charge in [0.1, 0.15) is 5.54 Å². The summed E-state index contributed by atoms with van der Waals surface area (Å²) in [6.45, 7) is 0. The van der Waals surface area contributed by atoms with E-state index in [1.54, 1.807) is 0 Å². The van der Waals surface area contributed by atoms with Crippen LogP contribution in [0.15, 0.2) is 4.99 Å². The summed E-state index contributed by atoms with van der Waals surface area (Å²) in [6.07, 6.45) is 5.42. The van der Waals surface area contributed by atoms with E-state index in [2.05, 4.69) is 15.6 Å². The van der Waals surface area contributed by atoms with Crippen LogP contribution >= 0.6 is 0 Å². The second-order valence-electron chi connectivity index (χ2n) is 4.22. The van der Waals surface area contributed by atoms with Crippen molar-refractivity contribution in [1.82, 2.24) is 10.6 Å². The molecule has 3 rings (SSSR count). The number of nitrogens with zero attached hydrogens (tertiary/aromatic N) is 1. The molecule has 3 aliphatic rings. The highest BCUT2D eigenvalue weighted by Gasteiger charge is 2.49. The van der Waals surface area contributed by atoms with Crippen LogP contribution in [0, 0.1) is 0 Å². The van der Waals surface area contributed by atoms with Crippen LogP contribution in [-0.2, 0) is 4.79 Å². The standard InChI is InChI=1S/C9H13N3O/c13-7-9(4-1-5-9)12-8(11-7)10-6-2-3-6/h6H,1-5H2,(H2,10,11,12,13). The van der Waals surface area contributed by atoms with E-state index in [0.717, 1.165) is 19.3 Å². The number of guanidine groups is 1. The number of hydrogen-bond donors (Lipinski definition) is 2. The molecule has 4 nitrogen and oxygen atoms in total. The van der Waals surface area contributed by atoms with Gasteiger partial charge < -0.3 is 5.32 Å². The summed E-state index contributed by atoms with van der Waals surface area (Å²) in [7, 11) is 0. The third kappa shape index (κ3) is 1.04. The average molecular weight is 179 g/mol. The van der Waals surface area contributed by atoms with Gasteiger partial charge in [-0.1, -0.05) is 0 Å². The van der Waals surface area contributed by atoms with E-state index in [-0.39, 0.29) is 11.4 Å². The minimum absolute atomic E-state index is 0.123. The van der Waals surface area contributed by atoms with Gasteiger partial charge in [0, 0.05) is 0 Å². The first-order valence-electron chi connectivity index (χ1n) is 4.96. The Labute approximate surface area is 76.8 Å². The molecular formula is C9H13N3O. The fraction of sp³-hybridized carbons (Fsp3) is 0.778. The second-order valence-corrected chi connectivity index (χ2v) is 4.22. The molecule has 0 radical (unpaired) electrons. The molecule has 0 unspecified atom stereocenters. The molecule has 0 aromatic rings. The van der Waals surface area contributed by atoms with Crippen LogP contribution in [0.25, 0.3) is 0 Å². The summed E-state index contributed by atoms with van der Waals surface area (Å²) in [4.78, 5) is 15.9. The number of carbonyl (C=O) groups excluding carboxylic acids is 1. The third-order valence-corrected chi connectivity index (χ3v) is 3.09. The maximum atomic E-state index is 11.5. The average Bonchev–Trinajstić information content (AvgIpc) is 2.73. The number of amides is 1. The van der Waals surface area contributed by atoms with E-state index in [1.165, 1.54) is 12.8 Å². The first kappa shape index (κ1) is 7.35. The number of nitrogens with one attached hydrogen (secondary N) is 2. The van der Waals surface area contributed by atoms with Gasteiger partial charge >= 0.3 is 0 Å². The zero-order valence-electron chi connectivity index (χ0n) is 7.47. The molecule has 1 amide bonds. The number of aliphatic imine (C=N–C) groups is 1. The monoisotopic (exact) mass is 179 g/mol. The molecular weight excluding hydrogens is 166 g/mol. The number of carbonyl (C=O) groups is 1. The van der Waals surface area contributed by atoms with Crippen LogP contribution in [0.1, 0.15) is 32.1 Å². The van der Waals surface area contributed by atoms with Crippen molar-refractivity contribution in [2.24, 2.45) is 4.99 Å². The minimum Gasteiger partial charge on any atom is -0.342 e. The van der Waals surface area contributed by atoms with E-state index < -0.39 is 0 Å². The molecule has 1 heterocycles. The third-order valence-electron chi connectivity index (χ3n) is 3.09.